The first kappa shape index (κ1) is 18.6. The monoisotopic (exact) mass is 382 g/mol. The number of nitrogens with one attached hydrogen (secondary N) is 1. The van der Waals surface area contributed by atoms with Crippen LogP contribution in [-0.2, 0) is 6.54 Å². The summed E-state index contributed by atoms with van der Waals surface area (Å²) in [5.74, 6) is 0.762. The van der Waals surface area contributed by atoms with E-state index in [0.29, 0.717) is 27.7 Å². The number of methoxy groups -OCH3 is 1. The summed E-state index contributed by atoms with van der Waals surface area (Å²) in [5.41, 5.74) is 1.88. The van der Waals surface area contributed by atoms with E-state index in [-0.39, 0.29) is 18.3 Å². The van der Waals surface area contributed by atoms with E-state index in [2.05, 4.69) is 5.32 Å². The molecular formula is C21H19ClN2O3. The second-order valence-corrected chi connectivity index (χ2v) is 6.29. The molecule has 0 aliphatic heterocycles. The summed E-state index contributed by atoms with van der Waals surface area (Å²) in [5, 5.41) is 13.5. The van der Waals surface area contributed by atoms with Crippen LogP contribution in [-0.4, -0.2) is 18.2 Å². The largest absolute Gasteiger partial charge is 0.508 e. The number of rotatable bonds is 5. The molecule has 0 aliphatic rings. The lowest BCUT2D eigenvalue weighted by Gasteiger charge is -2.24. The molecule has 0 saturated carbocycles. The SMILES string of the molecule is COc1ccc(N(Cc2cc(Cl)ccc2O)C(=O)Nc2ccccc2)cc1. The van der Waals surface area contributed by atoms with Gasteiger partial charge in [0.25, 0.3) is 0 Å². The smallest absolute Gasteiger partial charge is 0.326 e. The molecule has 0 atom stereocenters. The number of nitrogens with zero attached hydrogens (tertiary/aromatic N) is 1. The maximum absolute atomic E-state index is 12.9. The predicted molar refractivity (Wildman–Crippen MR) is 108 cm³/mol. The lowest BCUT2D eigenvalue weighted by atomic mass is 10.1. The van der Waals surface area contributed by atoms with Crippen molar-refractivity contribution in [2.24, 2.45) is 0 Å². The van der Waals surface area contributed by atoms with Gasteiger partial charge in [0.2, 0.25) is 0 Å². The molecule has 2 amide bonds. The Morgan fingerprint density at radius 3 is 2.44 bits per heavy atom. The molecule has 0 radical (unpaired) electrons. The molecule has 3 rings (SSSR count). The van der Waals surface area contributed by atoms with E-state index in [1.54, 1.807) is 55.6 Å². The van der Waals surface area contributed by atoms with Crippen LogP contribution < -0.4 is 15.0 Å². The minimum atomic E-state index is -0.328. The number of ether oxygens (including phenoxy) is 1. The second-order valence-electron chi connectivity index (χ2n) is 5.85. The molecule has 0 aliphatic carbocycles. The topological polar surface area (TPSA) is 61.8 Å². The van der Waals surface area contributed by atoms with Crippen LogP contribution in [0.25, 0.3) is 0 Å². The van der Waals surface area contributed by atoms with E-state index in [4.69, 9.17) is 16.3 Å². The van der Waals surface area contributed by atoms with E-state index in [9.17, 15) is 9.90 Å². The molecule has 0 bridgehead atoms. The van der Waals surface area contributed by atoms with Crippen molar-refractivity contribution in [1.29, 1.82) is 0 Å². The van der Waals surface area contributed by atoms with Crippen LogP contribution in [0.4, 0.5) is 16.2 Å². The van der Waals surface area contributed by atoms with Gasteiger partial charge in [-0.15, -0.1) is 0 Å². The van der Waals surface area contributed by atoms with Gasteiger partial charge >= 0.3 is 6.03 Å². The Bertz CT molecular complexity index is 914. The number of aromatic hydroxyl groups is 1. The summed E-state index contributed by atoms with van der Waals surface area (Å²) < 4.78 is 5.18. The first-order chi connectivity index (χ1) is 13.1. The Balaban J connectivity index is 1.92. The van der Waals surface area contributed by atoms with Crippen LogP contribution in [0.3, 0.4) is 0 Å². The number of carbonyl (C=O) groups is 1. The molecule has 3 aromatic rings. The maximum Gasteiger partial charge on any atom is 0.326 e. The molecule has 0 aromatic heterocycles. The fourth-order valence-electron chi connectivity index (χ4n) is 2.61. The number of phenols is 1. The molecular weight excluding hydrogens is 364 g/mol. The molecule has 138 valence electrons. The molecule has 5 nitrogen and oxygen atoms in total. The minimum Gasteiger partial charge on any atom is -0.508 e. The van der Waals surface area contributed by atoms with Crippen LogP contribution >= 0.6 is 11.6 Å². The maximum atomic E-state index is 12.9. The zero-order valence-electron chi connectivity index (χ0n) is 14.7. The number of anilines is 2. The van der Waals surface area contributed by atoms with E-state index in [1.807, 2.05) is 18.2 Å². The van der Waals surface area contributed by atoms with Crippen molar-refractivity contribution in [3.05, 3.63) is 83.4 Å². The molecule has 0 saturated heterocycles. The van der Waals surface area contributed by atoms with Gasteiger partial charge in [0, 0.05) is 22.0 Å². The molecule has 27 heavy (non-hydrogen) atoms. The molecule has 0 fully saturated rings. The van der Waals surface area contributed by atoms with Crippen LogP contribution in [0.5, 0.6) is 11.5 Å². The number of halogens is 1. The Morgan fingerprint density at radius 1 is 1.07 bits per heavy atom. The predicted octanol–water partition coefficient (Wildman–Crippen LogP) is 5.29. The quantitative estimate of drug-likeness (QED) is 0.630. The minimum absolute atomic E-state index is 0.0745. The Labute approximate surface area is 162 Å². The van der Waals surface area contributed by atoms with E-state index in [0.717, 1.165) is 0 Å². The Kier molecular flexibility index (Phi) is 5.84. The number of urea groups is 1. The van der Waals surface area contributed by atoms with E-state index in [1.165, 1.54) is 11.0 Å². The van der Waals surface area contributed by atoms with Crippen molar-refractivity contribution in [2.45, 2.75) is 6.54 Å². The number of para-hydroxylation sites is 1. The van der Waals surface area contributed by atoms with Crippen LogP contribution in [0.15, 0.2) is 72.8 Å². The fourth-order valence-corrected chi connectivity index (χ4v) is 2.80. The average molecular weight is 383 g/mol. The van der Waals surface area contributed by atoms with Crippen LogP contribution in [0.1, 0.15) is 5.56 Å². The summed E-state index contributed by atoms with van der Waals surface area (Å²) in [6, 6.07) is 20.7. The Morgan fingerprint density at radius 2 is 1.78 bits per heavy atom. The van der Waals surface area contributed by atoms with Gasteiger partial charge in [0.1, 0.15) is 11.5 Å². The average Bonchev–Trinajstić information content (AvgIpc) is 2.69. The van der Waals surface area contributed by atoms with Gasteiger partial charge < -0.3 is 15.2 Å². The zero-order valence-corrected chi connectivity index (χ0v) is 15.5. The Hall–Kier alpha value is -3.18. The van der Waals surface area contributed by atoms with Crippen molar-refractivity contribution in [1.82, 2.24) is 0 Å². The number of benzene rings is 3. The third-order valence-electron chi connectivity index (χ3n) is 4.02. The number of carbonyl (C=O) groups excluding carboxylic acids is 1. The third-order valence-corrected chi connectivity index (χ3v) is 4.26. The van der Waals surface area contributed by atoms with Crippen molar-refractivity contribution >= 4 is 29.0 Å². The summed E-state index contributed by atoms with van der Waals surface area (Å²) in [4.78, 5) is 14.5. The highest BCUT2D eigenvalue weighted by atomic mass is 35.5. The lowest BCUT2D eigenvalue weighted by Crippen LogP contribution is -2.34. The molecule has 0 heterocycles. The van der Waals surface area contributed by atoms with Crippen molar-refractivity contribution in [3.63, 3.8) is 0 Å². The molecule has 0 unspecified atom stereocenters. The highest BCUT2D eigenvalue weighted by Crippen LogP contribution is 2.27. The zero-order chi connectivity index (χ0) is 19.2. The van der Waals surface area contributed by atoms with Gasteiger partial charge in [-0.1, -0.05) is 29.8 Å². The van der Waals surface area contributed by atoms with Crippen LogP contribution in [0.2, 0.25) is 5.02 Å². The summed E-state index contributed by atoms with van der Waals surface area (Å²) in [6.07, 6.45) is 0. The fraction of sp³-hybridized carbons (Fsp3) is 0.0952. The van der Waals surface area contributed by atoms with E-state index >= 15 is 0 Å². The van der Waals surface area contributed by atoms with Crippen molar-refractivity contribution in [3.8, 4) is 11.5 Å². The first-order valence-corrected chi connectivity index (χ1v) is 8.69. The van der Waals surface area contributed by atoms with Gasteiger partial charge in [-0.3, -0.25) is 4.90 Å². The number of phenolic OH excluding ortho intramolecular Hbond substituents is 1. The standard InChI is InChI=1S/C21H19ClN2O3/c1-27-19-10-8-18(9-11-19)24(14-15-13-16(22)7-12-20(15)25)21(26)23-17-5-3-2-4-6-17/h2-13,25H,14H2,1H3,(H,23,26). The molecule has 0 spiro atoms. The van der Waals surface area contributed by atoms with Gasteiger partial charge in [0.15, 0.2) is 0 Å². The molecule has 2 N–H and O–H groups in total. The lowest BCUT2D eigenvalue weighted by molar-refractivity contribution is 0.256. The summed E-state index contributed by atoms with van der Waals surface area (Å²) >= 11 is 6.05. The van der Waals surface area contributed by atoms with Gasteiger partial charge in [-0.2, -0.15) is 0 Å². The second kappa shape index (κ2) is 8.47. The first-order valence-electron chi connectivity index (χ1n) is 8.32. The van der Waals surface area contributed by atoms with Crippen molar-refractivity contribution < 1.29 is 14.6 Å². The summed E-state index contributed by atoms with van der Waals surface area (Å²) in [6.45, 7) is 0.150. The highest BCUT2D eigenvalue weighted by Gasteiger charge is 2.18. The molecule has 3 aromatic carbocycles. The number of hydrogen-bond donors (Lipinski definition) is 2. The van der Waals surface area contributed by atoms with Crippen molar-refractivity contribution in [2.75, 3.05) is 17.3 Å². The number of hydrogen-bond acceptors (Lipinski definition) is 3. The molecule has 6 heteroatoms. The third kappa shape index (κ3) is 4.71. The van der Waals surface area contributed by atoms with Gasteiger partial charge in [-0.25, -0.2) is 4.79 Å². The summed E-state index contributed by atoms with van der Waals surface area (Å²) in [7, 11) is 1.58. The van der Waals surface area contributed by atoms with Gasteiger partial charge in [0.05, 0.1) is 13.7 Å². The normalized spacial score (nSPS) is 10.3. The van der Waals surface area contributed by atoms with Crippen LogP contribution in [0, 0.1) is 0 Å². The number of amides is 2. The highest BCUT2D eigenvalue weighted by molar-refractivity contribution is 6.30. The van der Waals surface area contributed by atoms with Gasteiger partial charge in [-0.05, 0) is 54.6 Å². The van der Waals surface area contributed by atoms with E-state index < -0.39 is 0 Å².